The first-order valence-corrected chi connectivity index (χ1v) is 9.63. The third-order valence-corrected chi connectivity index (χ3v) is 4.57. The lowest BCUT2D eigenvalue weighted by molar-refractivity contribution is -0.121. The molecule has 0 rings (SSSR count). The molecule has 0 amide bonds. The van der Waals surface area contributed by atoms with Crippen molar-refractivity contribution in [1.29, 1.82) is 0 Å². The van der Waals surface area contributed by atoms with Crippen LogP contribution in [-0.4, -0.2) is 5.78 Å². The van der Waals surface area contributed by atoms with Gasteiger partial charge in [0.1, 0.15) is 5.78 Å². The largest absolute Gasteiger partial charge is 0.300 e. The number of hydrogen-bond acceptors (Lipinski definition) is 1. The highest BCUT2D eigenvalue weighted by atomic mass is 16.1. The molecule has 1 heteroatoms. The smallest absolute Gasteiger partial charge is 0.133 e. The van der Waals surface area contributed by atoms with Crippen LogP contribution in [0.4, 0.5) is 0 Å². The SMILES string of the molecule is C.C=CC/C=C(\C)C(C)[C@@H](C)C(C)=O.CC.CCCC(CC)CC. The van der Waals surface area contributed by atoms with E-state index in [9.17, 15) is 4.79 Å². The highest BCUT2D eigenvalue weighted by molar-refractivity contribution is 5.78. The molecule has 0 aliphatic carbocycles. The second-order valence-electron chi connectivity index (χ2n) is 6.13. The van der Waals surface area contributed by atoms with Crippen LogP contribution in [0.25, 0.3) is 0 Å². The van der Waals surface area contributed by atoms with Crippen molar-refractivity contribution in [2.45, 2.75) is 102 Å². The molecule has 2 atom stereocenters. The molecular weight excluding hydrogens is 292 g/mol. The van der Waals surface area contributed by atoms with Gasteiger partial charge in [-0.15, -0.1) is 6.58 Å². The molecule has 0 aliphatic heterocycles. The molecule has 0 aromatic heterocycles. The standard InChI is InChI=1S/C12H20O.C8H18.C2H6.CH4/c1-6-7-8-9(2)10(3)11(4)12(5)13;1-4-7-8(5-2)6-3;1-2;/h6,8,10-11H,1,7H2,2-5H3;8H,4-7H2,1-3H3;1-2H3;1H4/b9-8+;;;/t10?,11-;;;/m1.../s1. The summed E-state index contributed by atoms with van der Waals surface area (Å²) in [5.41, 5.74) is 1.28. The second kappa shape index (κ2) is 22.1. The molecule has 1 nitrogen and oxygen atoms in total. The number of rotatable bonds is 9. The summed E-state index contributed by atoms with van der Waals surface area (Å²) in [6.07, 6.45) is 10.4. The van der Waals surface area contributed by atoms with Crippen LogP contribution in [0.1, 0.15) is 102 Å². The first-order valence-electron chi connectivity index (χ1n) is 9.63. The third kappa shape index (κ3) is 17.5. The summed E-state index contributed by atoms with van der Waals surface area (Å²) in [6, 6.07) is 0. The van der Waals surface area contributed by atoms with Crippen molar-refractivity contribution in [2.24, 2.45) is 17.8 Å². The predicted octanol–water partition coefficient (Wildman–Crippen LogP) is 8.26. The molecule has 24 heavy (non-hydrogen) atoms. The zero-order valence-corrected chi connectivity index (χ0v) is 17.5. The van der Waals surface area contributed by atoms with E-state index in [-0.39, 0.29) is 19.1 Å². The Morgan fingerprint density at radius 1 is 1.00 bits per heavy atom. The van der Waals surface area contributed by atoms with Crippen molar-refractivity contribution in [2.75, 3.05) is 0 Å². The number of hydrogen-bond donors (Lipinski definition) is 0. The van der Waals surface area contributed by atoms with E-state index >= 15 is 0 Å². The fraction of sp³-hybridized carbons (Fsp3) is 0.783. The van der Waals surface area contributed by atoms with Crippen LogP contribution in [0.15, 0.2) is 24.3 Å². The Balaban J connectivity index is -0.000000157. The molecule has 0 bridgehead atoms. The van der Waals surface area contributed by atoms with E-state index < -0.39 is 0 Å². The van der Waals surface area contributed by atoms with E-state index in [0.29, 0.717) is 5.92 Å². The highest BCUT2D eigenvalue weighted by Gasteiger charge is 2.17. The van der Waals surface area contributed by atoms with Crippen LogP contribution >= 0.6 is 0 Å². The van der Waals surface area contributed by atoms with Gasteiger partial charge in [-0.05, 0) is 32.1 Å². The molecule has 0 saturated heterocycles. The number of ketones is 1. The lowest BCUT2D eigenvalue weighted by atomic mass is 9.86. The van der Waals surface area contributed by atoms with Gasteiger partial charge >= 0.3 is 0 Å². The maximum atomic E-state index is 11.1. The Labute approximate surface area is 155 Å². The van der Waals surface area contributed by atoms with Crippen molar-refractivity contribution < 1.29 is 4.79 Å². The van der Waals surface area contributed by atoms with E-state index in [1.165, 1.54) is 31.3 Å². The van der Waals surface area contributed by atoms with E-state index in [4.69, 9.17) is 0 Å². The monoisotopic (exact) mass is 340 g/mol. The Hall–Kier alpha value is -0.850. The summed E-state index contributed by atoms with van der Waals surface area (Å²) in [4.78, 5) is 11.1. The number of Topliss-reactive ketones (excluding diaryl/α,β-unsaturated/α-hetero) is 1. The van der Waals surface area contributed by atoms with Crippen molar-refractivity contribution in [3.05, 3.63) is 24.3 Å². The van der Waals surface area contributed by atoms with Gasteiger partial charge in [0.25, 0.3) is 0 Å². The van der Waals surface area contributed by atoms with E-state index in [0.717, 1.165) is 12.3 Å². The Morgan fingerprint density at radius 2 is 1.46 bits per heavy atom. The minimum atomic E-state index is 0. The number of carbonyl (C=O) groups excluding carboxylic acids is 1. The molecule has 0 saturated carbocycles. The average Bonchev–Trinajstić information content (AvgIpc) is 2.58. The predicted molar refractivity (Wildman–Crippen MR) is 115 cm³/mol. The Morgan fingerprint density at radius 3 is 1.71 bits per heavy atom. The second-order valence-corrected chi connectivity index (χ2v) is 6.13. The fourth-order valence-electron chi connectivity index (χ4n) is 2.31. The van der Waals surface area contributed by atoms with Crippen molar-refractivity contribution >= 4 is 5.78 Å². The minimum Gasteiger partial charge on any atom is -0.300 e. The maximum absolute atomic E-state index is 11.1. The zero-order chi connectivity index (χ0) is 18.8. The molecule has 0 aliphatic rings. The normalized spacial score (nSPS) is 12.7. The maximum Gasteiger partial charge on any atom is 0.133 e. The van der Waals surface area contributed by atoms with Crippen LogP contribution in [0.3, 0.4) is 0 Å². The van der Waals surface area contributed by atoms with Gasteiger partial charge in [0, 0.05) is 5.92 Å². The van der Waals surface area contributed by atoms with Gasteiger partial charge in [0.2, 0.25) is 0 Å². The first-order chi connectivity index (χ1) is 10.8. The number of carbonyl (C=O) groups is 1. The summed E-state index contributed by atoms with van der Waals surface area (Å²) in [5.74, 6) is 1.73. The highest BCUT2D eigenvalue weighted by Crippen LogP contribution is 2.20. The topological polar surface area (TPSA) is 17.1 Å². The van der Waals surface area contributed by atoms with Crippen LogP contribution < -0.4 is 0 Å². The summed E-state index contributed by atoms with van der Waals surface area (Å²) in [6.45, 7) is 22.3. The Kier molecular flexibility index (Phi) is 28.6. The molecule has 0 radical (unpaired) electrons. The van der Waals surface area contributed by atoms with E-state index in [1.54, 1.807) is 6.92 Å². The molecule has 146 valence electrons. The van der Waals surface area contributed by atoms with Gasteiger partial charge in [0.05, 0.1) is 0 Å². The number of allylic oxidation sites excluding steroid dienone is 3. The van der Waals surface area contributed by atoms with Crippen molar-refractivity contribution in [3.8, 4) is 0 Å². The van der Waals surface area contributed by atoms with Crippen LogP contribution in [0.2, 0.25) is 0 Å². The van der Waals surface area contributed by atoms with E-state index in [1.807, 2.05) is 26.8 Å². The van der Waals surface area contributed by atoms with Crippen LogP contribution in [0, 0.1) is 17.8 Å². The minimum absolute atomic E-state index is 0. The van der Waals surface area contributed by atoms with Gasteiger partial charge < -0.3 is 0 Å². The van der Waals surface area contributed by atoms with Crippen molar-refractivity contribution in [3.63, 3.8) is 0 Å². The lowest BCUT2D eigenvalue weighted by Crippen LogP contribution is -2.16. The summed E-state index contributed by atoms with van der Waals surface area (Å²) < 4.78 is 0. The quantitative estimate of drug-likeness (QED) is 0.386. The van der Waals surface area contributed by atoms with Gasteiger partial charge in [-0.3, -0.25) is 4.79 Å². The molecule has 0 spiro atoms. The molecule has 0 aromatic rings. The van der Waals surface area contributed by atoms with Gasteiger partial charge in [-0.2, -0.15) is 0 Å². The van der Waals surface area contributed by atoms with Crippen LogP contribution in [0.5, 0.6) is 0 Å². The summed E-state index contributed by atoms with van der Waals surface area (Å²) in [7, 11) is 0. The van der Waals surface area contributed by atoms with Crippen LogP contribution in [-0.2, 0) is 4.79 Å². The molecule has 1 unspecified atom stereocenters. The van der Waals surface area contributed by atoms with Gasteiger partial charge in [-0.25, -0.2) is 0 Å². The lowest BCUT2D eigenvalue weighted by Gasteiger charge is -2.17. The molecule has 0 fully saturated rings. The average molecular weight is 341 g/mol. The summed E-state index contributed by atoms with van der Waals surface area (Å²) >= 11 is 0. The van der Waals surface area contributed by atoms with Gasteiger partial charge in [-0.1, -0.05) is 99.3 Å². The fourth-order valence-corrected chi connectivity index (χ4v) is 2.31. The van der Waals surface area contributed by atoms with Crippen molar-refractivity contribution in [1.82, 2.24) is 0 Å². The molecule has 0 aromatic carbocycles. The zero-order valence-electron chi connectivity index (χ0n) is 17.5. The van der Waals surface area contributed by atoms with Gasteiger partial charge in [0.15, 0.2) is 0 Å². The summed E-state index contributed by atoms with van der Waals surface area (Å²) in [5, 5.41) is 0. The first kappa shape index (κ1) is 31.0. The molecular formula is C23H48O. The molecule has 0 N–H and O–H groups in total. The molecule has 0 heterocycles. The van der Waals surface area contributed by atoms with E-state index in [2.05, 4.69) is 47.3 Å². The Bertz CT molecular complexity index is 297. The third-order valence-electron chi connectivity index (χ3n) is 4.57.